The number of halogens is 1. The van der Waals surface area contributed by atoms with Gasteiger partial charge in [0.1, 0.15) is 11.6 Å². The number of aromatic nitrogens is 5. The molecule has 2 aromatic carbocycles. The number of anilines is 2. The number of rotatable bonds is 7. The van der Waals surface area contributed by atoms with Crippen LogP contribution in [0.2, 0.25) is 5.02 Å². The molecule has 36 heavy (non-hydrogen) atoms. The summed E-state index contributed by atoms with van der Waals surface area (Å²) < 4.78 is 6.90. The monoisotopic (exact) mass is 498 g/mol. The first-order valence-corrected chi connectivity index (χ1v) is 11.6. The second kappa shape index (κ2) is 9.75. The van der Waals surface area contributed by atoms with Gasteiger partial charge in [0, 0.05) is 42.7 Å². The summed E-state index contributed by atoms with van der Waals surface area (Å²) in [6, 6.07) is 14.7. The first kappa shape index (κ1) is 23.4. The van der Waals surface area contributed by atoms with Crippen LogP contribution in [0, 0.1) is 6.92 Å². The highest BCUT2D eigenvalue weighted by Crippen LogP contribution is 2.29. The number of methoxy groups -OCH3 is 1. The molecular formula is C27H23ClN6O2. The van der Waals surface area contributed by atoms with Crippen molar-refractivity contribution in [2.24, 2.45) is 7.05 Å². The summed E-state index contributed by atoms with van der Waals surface area (Å²) >= 11 is 6.23. The van der Waals surface area contributed by atoms with Gasteiger partial charge < -0.3 is 10.1 Å². The molecule has 8 nitrogen and oxygen atoms in total. The van der Waals surface area contributed by atoms with Crippen molar-refractivity contribution in [3.63, 3.8) is 0 Å². The third-order valence-electron chi connectivity index (χ3n) is 5.91. The number of aryl methyl sites for hydroxylation is 2. The zero-order valence-corrected chi connectivity index (χ0v) is 20.7. The van der Waals surface area contributed by atoms with Gasteiger partial charge in [0.2, 0.25) is 0 Å². The van der Waals surface area contributed by atoms with Gasteiger partial charge in [0.25, 0.3) is 0 Å². The van der Waals surface area contributed by atoms with Gasteiger partial charge >= 0.3 is 0 Å². The molecule has 0 radical (unpaired) electrons. The number of ketones is 1. The van der Waals surface area contributed by atoms with E-state index in [2.05, 4.69) is 20.4 Å². The number of nitrogens with one attached hydrogen (secondary N) is 1. The van der Waals surface area contributed by atoms with Crippen molar-refractivity contribution in [2.45, 2.75) is 13.3 Å². The van der Waals surface area contributed by atoms with E-state index in [-0.39, 0.29) is 12.2 Å². The molecule has 5 rings (SSSR count). The van der Waals surface area contributed by atoms with Crippen molar-refractivity contribution in [2.75, 3.05) is 12.4 Å². The van der Waals surface area contributed by atoms with Crippen LogP contribution in [0.5, 0.6) is 5.75 Å². The molecule has 0 unspecified atom stereocenters. The van der Waals surface area contributed by atoms with E-state index in [1.807, 2.05) is 50.4 Å². The van der Waals surface area contributed by atoms with Crippen LogP contribution in [0.15, 0.2) is 67.1 Å². The molecule has 0 saturated heterocycles. The molecule has 9 heteroatoms. The van der Waals surface area contributed by atoms with Gasteiger partial charge in [-0.2, -0.15) is 5.10 Å². The number of carbonyl (C=O) groups excluding carboxylic acids is 1. The highest BCUT2D eigenvalue weighted by atomic mass is 35.5. The van der Waals surface area contributed by atoms with Crippen molar-refractivity contribution < 1.29 is 9.53 Å². The lowest BCUT2D eigenvalue weighted by molar-refractivity contribution is 0.0993. The molecule has 0 spiro atoms. The Labute approximate surface area is 213 Å². The molecule has 0 fully saturated rings. The van der Waals surface area contributed by atoms with Gasteiger partial charge in [-0.05, 0) is 48.4 Å². The molecule has 0 saturated carbocycles. The minimum atomic E-state index is -0.0236. The minimum absolute atomic E-state index is 0.0236. The summed E-state index contributed by atoms with van der Waals surface area (Å²) in [5.74, 6) is 1.68. The average molecular weight is 499 g/mol. The van der Waals surface area contributed by atoms with Crippen LogP contribution in [0.4, 0.5) is 11.5 Å². The lowest BCUT2D eigenvalue weighted by atomic mass is 10.0. The van der Waals surface area contributed by atoms with Gasteiger partial charge in [-0.1, -0.05) is 29.8 Å². The summed E-state index contributed by atoms with van der Waals surface area (Å²) in [7, 11) is 3.39. The van der Waals surface area contributed by atoms with Gasteiger partial charge in [-0.25, -0.2) is 9.97 Å². The average Bonchev–Trinajstić information content (AvgIpc) is 3.26. The first-order chi connectivity index (χ1) is 17.4. The van der Waals surface area contributed by atoms with E-state index < -0.39 is 0 Å². The van der Waals surface area contributed by atoms with Crippen LogP contribution >= 0.6 is 11.6 Å². The standard InChI is InChI=1S/C27H23ClN6O2/c1-16-6-8-18(23(35)12-17-7-9-24(36-3)21(28)11-17)13-22(16)31-26-20-15-30-34(2)27(20)33-25(32-26)19-5-4-10-29-14-19/h4-11,13-15H,12H2,1-3H3,(H,31,32,33). The van der Waals surface area contributed by atoms with Crippen molar-refractivity contribution in [1.29, 1.82) is 0 Å². The minimum Gasteiger partial charge on any atom is -0.495 e. The lowest BCUT2D eigenvalue weighted by Crippen LogP contribution is -2.06. The molecule has 3 aromatic heterocycles. The topological polar surface area (TPSA) is 94.8 Å². The number of nitrogens with zero attached hydrogens (tertiary/aromatic N) is 5. The molecule has 0 aliphatic rings. The van der Waals surface area contributed by atoms with E-state index in [0.29, 0.717) is 33.6 Å². The summed E-state index contributed by atoms with van der Waals surface area (Å²) in [5.41, 5.74) is 4.62. The zero-order valence-electron chi connectivity index (χ0n) is 20.0. The number of hydrogen-bond acceptors (Lipinski definition) is 7. The maximum Gasteiger partial charge on any atom is 0.167 e. The number of hydrogen-bond donors (Lipinski definition) is 1. The molecule has 5 aromatic rings. The van der Waals surface area contributed by atoms with Gasteiger partial charge in [0.15, 0.2) is 17.3 Å². The quantitative estimate of drug-likeness (QED) is 0.293. The number of fused-ring (bicyclic) bond motifs is 1. The number of Topliss-reactive ketones (excluding diaryl/α,β-unsaturated/α-hetero) is 1. The maximum absolute atomic E-state index is 13.1. The highest BCUT2D eigenvalue weighted by Gasteiger charge is 2.16. The Bertz CT molecular complexity index is 1580. The van der Waals surface area contributed by atoms with Crippen molar-refractivity contribution >= 4 is 39.9 Å². The van der Waals surface area contributed by atoms with Gasteiger partial charge in [-0.15, -0.1) is 0 Å². The highest BCUT2D eigenvalue weighted by molar-refractivity contribution is 6.32. The Hall–Kier alpha value is -4.30. The fourth-order valence-corrected chi connectivity index (χ4v) is 4.19. The van der Waals surface area contributed by atoms with Gasteiger partial charge in [-0.3, -0.25) is 14.5 Å². The normalized spacial score (nSPS) is 11.0. The van der Waals surface area contributed by atoms with E-state index >= 15 is 0 Å². The van der Waals surface area contributed by atoms with E-state index in [0.717, 1.165) is 27.8 Å². The molecule has 0 atom stereocenters. The molecule has 1 N–H and O–H groups in total. The smallest absolute Gasteiger partial charge is 0.167 e. The Morgan fingerprint density at radius 2 is 1.97 bits per heavy atom. The largest absolute Gasteiger partial charge is 0.495 e. The van der Waals surface area contributed by atoms with E-state index in [9.17, 15) is 4.79 Å². The molecule has 0 aliphatic heterocycles. The van der Waals surface area contributed by atoms with Crippen LogP contribution in [0.1, 0.15) is 21.5 Å². The number of ether oxygens (including phenoxy) is 1. The summed E-state index contributed by atoms with van der Waals surface area (Å²) in [6.07, 6.45) is 5.37. The fraction of sp³-hybridized carbons (Fsp3) is 0.148. The number of benzene rings is 2. The molecule has 180 valence electrons. The lowest BCUT2D eigenvalue weighted by Gasteiger charge is -2.13. The molecule has 0 aliphatic carbocycles. The SMILES string of the molecule is COc1ccc(CC(=O)c2ccc(C)c(Nc3nc(-c4cccnc4)nc4c3cnn4C)c2)cc1Cl. The van der Waals surface area contributed by atoms with Crippen LogP contribution in [-0.2, 0) is 13.5 Å². The Kier molecular flexibility index (Phi) is 6.35. The predicted molar refractivity (Wildman–Crippen MR) is 140 cm³/mol. The Morgan fingerprint density at radius 1 is 1.11 bits per heavy atom. The molecular weight excluding hydrogens is 476 g/mol. The third kappa shape index (κ3) is 4.63. The Morgan fingerprint density at radius 3 is 2.72 bits per heavy atom. The first-order valence-electron chi connectivity index (χ1n) is 11.3. The third-order valence-corrected chi connectivity index (χ3v) is 6.20. The van der Waals surface area contributed by atoms with Crippen LogP contribution in [-0.4, -0.2) is 37.6 Å². The maximum atomic E-state index is 13.1. The second-order valence-electron chi connectivity index (χ2n) is 8.37. The summed E-state index contributed by atoms with van der Waals surface area (Å²) in [5, 5.41) is 9.01. The van der Waals surface area contributed by atoms with Crippen LogP contribution < -0.4 is 10.1 Å². The molecule has 0 amide bonds. The van der Waals surface area contributed by atoms with E-state index in [1.165, 1.54) is 0 Å². The number of pyridine rings is 1. The van der Waals surface area contributed by atoms with Crippen molar-refractivity contribution in [3.05, 3.63) is 88.8 Å². The van der Waals surface area contributed by atoms with Crippen molar-refractivity contribution in [3.8, 4) is 17.1 Å². The summed E-state index contributed by atoms with van der Waals surface area (Å²) in [4.78, 5) is 26.7. The predicted octanol–water partition coefficient (Wildman–Crippen LogP) is 5.56. The molecule has 3 heterocycles. The second-order valence-corrected chi connectivity index (χ2v) is 8.77. The van der Waals surface area contributed by atoms with E-state index in [4.69, 9.17) is 21.3 Å². The van der Waals surface area contributed by atoms with Crippen LogP contribution in [0.25, 0.3) is 22.4 Å². The van der Waals surface area contributed by atoms with Gasteiger partial charge in [0.05, 0.1) is 23.7 Å². The number of carbonyl (C=O) groups is 1. The van der Waals surface area contributed by atoms with Crippen molar-refractivity contribution in [1.82, 2.24) is 24.7 Å². The Balaban J connectivity index is 1.47. The molecule has 0 bridgehead atoms. The van der Waals surface area contributed by atoms with E-state index in [1.54, 1.807) is 42.5 Å². The summed E-state index contributed by atoms with van der Waals surface area (Å²) in [6.45, 7) is 1.98. The van der Waals surface area contributed by atoms with Crippen LogP contribution in [0.3, 0.4) is 0 Å². The fourth-order valence-electron chi connectivity index (χ4n) is 3.91. The zero-order chi connectivity index (χ0) is 25.2.